The summed E-state index contributed by atoms with van der Waals surface area (Å²) in [5, 5.41) is 0.988. The molecule has 1 saturated heterocycles. The lowest BCUT2D eigenvalue weighted by Gasteiger charge is -2.17. The number of carbonyl (C=O) groups is 1. The summed E-state index contributed by atoms with van der Waals surface area (Å²) in [6, 6.07) is 11.6. The Morgan fingerprint density at radius 2 is 1.88 bits per heavy atom. The van der Waals surface area contributed by atoms with Crippen molar-refractivity contribution in [2.45, 2.75) is 26.2 Å². The van der Waals surface area contributed by atoms with Crippen molar-refractivity contribution in [1.82, 2.24) is 19.9 Å². The molecular formula is C20H20N4O. The molecule has 1 aliphatic rings. The molecule has 2 aromatic heterocycles. The van der Waals surface area contributed by atoms with Gasteiger partial charge in [0.1, 0.15) is 5.82 Å². The lowest BCUT2D eigenvalue weighted by atomic mass is 10.1. The predicted molar refractivity (Wildman–Crippen MR) is 96.5 cm³/mol. The lowest BCUT2D eigenvalue weighted by Crippen LogP contribution is -2.29. The molecule has 5 nitrogen and oxygen atoms in total. The summed E-state index contributed by atoms with van der Waals surface area (Å²) in [5.41, 5.74) is 3.39. The molecule has 1 aromatic carbocycles. The molecule has 5 heteroatoms. The van der Waals surface area contributed by atoms with Crippen LogP contribution in [0.1, 0.15) is 39.9 Å². The molecule has 1 fully saturated rings. The van der Waals surface area contributed by atoms with E-state index in [2.05, 4.69) is 15.0 Å². The highest BCUT2D eigenvalue weighted by atomic mass is 16.2. The van der Waals surface area contributed by atoms with E-state index in [4.69, 9.17) is 0 Å². The highest BCUT2D eigenvalue weighted by molar-refractivity contribution is 6.05. The van der Waals surface area contributed by atoms with Gasteiger partial charge in [0.15, 0.2) is 0 Å². The molecule has 0 bridgehead atoms. The zero-order valence-electron chi connectivity index (χ0n) is 14.4. The van der Waals surface area contributed by atoms with Crippen molar-refractivity contribution in [1.29, 1.82) is 0 Å². The summed E-state index contributed by atoms with van der Waals surface area (Å²) in [7, 11) is 0. The largest absolute Gasteiger partial charge is 0.338 e. The molecule has 1 unspecified atom stereocenters. The van der Waals surface area contributed by atoms with E-state index in [1.165, 1.54) is 0 Å². The highest BCUT2D eigenvalue weighted by Gasteiger charge is 2.30. The monoisotopic (exact) mass is 332 g/mol. The third-order valence-corrected chi connectivity index (χ3v) is 4.70. The Morgan fingerprint density at radius 1 is 1.12 bits per heavy atom. The van der Waals surface area contributed by atoms with Gasteiger partial charge in [-0.2, -0.15) is 0 Å². The molecule has 1 aliphatic heterocycles. The number of aryl methyl sites for hydroxylation is 2. The number of hydrogen-bond donors (Lipinski definition) is 0. The maximum Gasteiger partial charge on any atom is 0.256 e. The van der Waals surface area contributed by atoms with Crippen LogP contribution in [0, 0.1) is 13.8 Å². The van der Waals surface area contributed by atoms with E-state index in [1.54, 1.807) is 6.20 Å². The fraction of sp³-hybridized carbons (Fsp3) is 0.300. The number of benzene rings is 1. The number of carbonyl (C=O) groups excluding carboxylic acids is 1. The van der Waals surface area contributed by atoms with E-state index in [9.17, 15) is 4.79 Å². The van der Waals surface area contributed by atoms with E-state index in [0.29, 0.717) is 12.1 Å². The van der Waals surface area contributed by atoms with Crippen LogP contribution in [0.5, 0.6) is 0 Å². The first-order valence-electron chi connectivity index (χ1n) is 8.57. The van der Waals surface area contributed by atoms with Crippen LogP contribution >= 0.6 is 0 Å². The maximum absolute atomic E-state index is 13.0. The second kappa shape index (κ2) is 6.24. The lowest BCUT2D eigenvalue weighted by molar-refractivity contribution is 0.0792. The molecule has 126 valence electrons. The molecule has 1 atom stereocenters. The van der Waals surface area contributed by atoms with Gasteiger partial charge in [-0.15, -0.1) is 0 Å². The van der Waals surface area contributed by atoms with Crippen LogP contribution in [0.15, 0.2) is 42.6 Å². The fourth-order valence-corrected chi connectivity index (χ4v) is 3.54. The summed E-state index contributed by atoms with van der Waals surface area (Å²) in [4.78, 5) is 28.5. The molecule has 0 saturated carbocycles. The van der Waals surface area contributed by atoms with Crippen LogP contribution in [0.4, 0.5) is 0 Å². The molecule has 3 heterocycles. The van der Waals surface area contributed by atoms with Gasteiger partial charge in [0, 0.05) is 42.0 Å². The van der Waals surface area contributed by atoms with Crippen LogP contribution in [0.2, 0.25) is 0 Å². The number of hydrogen-bond acceptors (Lipinski definition) is 4. The smallest absolute Gasteiger partial charge is 0.256 e. The summed E-state index contributed by atoms with van der Waals surface area (Å²) in [6.07, 6.45) is 2.63. The number of nitrogens with zero attached hydrogens (tertiary/aromatic N) is 4. The molecule has 0 spiro atoms. The summed E-state index contributed by atoms with van der Waals surface area (Å²) in [6.45, 7) is 5.35. The highest BCUT2D eigenvalue weighted by Crippen LogP contribution is 2.27. The number of aromatic nitrogens is 3. The standard InChI is InChI=1S/C20H20N4O/c1-13-11-14(2)23-19(22-13)16-8-10-24(12-16)20(25)17-7-3-5-15-6-4-9-21-18(15)17/h3-7,9,11,16H,8,10,12H2,1-2H3. The predicted octanol–water partition coefficient (Wildman–Crippen LogP) is 3.27. The molecule has 3 aromatic rings. The van der Waals surface area contributed by atoms with E-state index < -0.39 is 0 Å². The van der Waals surface area contributed by atoms with Gasteiger partial charge in [-0.3, -0.25) is 9.78 Å². The molecule has 0 radical (unpaired) electrons. The van der Waals surface area contributed by atoms with Crippen LogP contribution in [0.25, 0.3) is 10.9 Å². The van der Waals surface area contributed by atoms with E-state index in [0.717, 1.165) is 41.1 Å². The molecule has 0 aliphatic carbocycles. The maximum atomic E-state index is 13.0. The minimum Gasteiger partial charge on any atom is -0.338 e. The molecule has 0 N–H and O–H groups in total. The van der Waals surface area contributed by atoms with Crippen LogP contribution in [-0.2, 0) is 0 Å². The molecule has 25 heavy (non-hydrogen) atoms. The first-order chi connectivity index (χ1) is 12.1. The Labute approximate surface area is 146 Å². The SMILES string of the molecule is Cc1cc(C)nc(C2CCN(C(=O)c3cccc4cccnc34)C2)n1. The van der Waals surface area contributed by atoms with Gasteiger partial charge in [-0.1, -0.05) is 18.2 Å². The minimum atomic E-state index is 0.0381. The van der Waals surface area contributed by atoms with Gasteiger partial charge in [-0.25, -0.2) is 9.97 Å². The van der Waals surface area contributed by atoms with Crippen molar-refractivity contribution in [3.63, 3.8) is 0 Å². The van der Waals surface area contributed by atoms with E-state index in [1.807, 2.05) is 55.1 Å². The van der Waals surface area contributed by atoms with Gasteiger partial charge in [0.25, 0.3) is 5.91 Å². The normalized spacial score (nSPS) is 17.2. The Balaban J connectivity index is 1.60. The van der Waals surface area contributed by atoms with Crippen molar-refractivity contribution in [2.75, 3.05) is 13.1 Å². The zero-order chi connectivity index (χ0) is 17.4. The van der Waals surface area contributed by atoms with Crippen molar-refractivity contribution < 1.29 is 4.79 Å². The van der Waals surface area contributed by atoms with E-state index >= 15 is 0 Å². The molecule has 1 amide bonds. The summed E-state index contributed by atoms with van der Waals surface area (Å²) >= 11 is 0. The number of likely N-dealkylation sites (tertiary alicyclic amines) is 1. The average molecular weight is 332 g/mol. The molecular weight excluding hydrogens is 312 g/mol. The fourth-order valence-electron chi connectivity index (χ4n) is 3.54. The van der Waals surface area contributed by atoms with Crippen LogP contribution in [0.3, 0.4) is 0 Å². The third-order valence-electron chi connectivity index (χ3n) is 4.70. The zero-order valence-corrected chi connectivity index (χ0v) is 14.4. The molecule has 4 rings (SSSR count). The van der Waals surface area contributed by atoms with Crippen LogP contribution < -0.4 is 0 Å². The topological polar surface area (TPSA) is 59.0 Å². The second-order valence-corrected chi connectivity index (χ2v) is 6.63. The van der Waals surface area contributed by atoms with Gasteiger partial charge < -0.3 is 4.90 Å². The van der Waals surface area contributed by atoms with Crippen molar-refractivity contribution in [2.24, 2.45) is 0 Å². The Bertz CT molecular complexity index is 928. The second-order valence-electron chi connectivity index (χ2n) is 6.63. The van der Waals surface area contributed by atoms with Crippen molar-refractivity contribution in [3.05, 3.63) is 65.4 Å². The first-order valence-corrected chi connectivity index (χ1v) is 8.57. The van der Waals surface area contributed by atoms with E-state index in [-0.39, 0.29) is 11.8 Å². The quantitative estimate of drug-likeness (QED) is 0.723. The van der Waals surface area contributed by atoms with Crippen molar-refractivity contribution in [3.8, 4) is 0 Å². The van der Waals surface area contributed by atoms with Gasteiger partial charge in [-0.05, 0) is 38.5 Å². The number of pyridine rings is 1. The number of rotatable bonds is 2. The Morgan fingerprint density at radius 3 is 2.68 bits per heavy atom. The third kappa shape index (κ3) is 2.97. The van der Waals surface area contributed by atoms with Crippen molar-refractivity contribution >= 4 is 16.8 Å². The summed E-state index contributed by atoms with van der Waals surface area (Å²) in [5.74, 6) is 1.09. The number of fused-ring (bicyclic) bond motifs is 1. The first kappa shape index (κ1) is 15.7. The van der Waals surface area contributed by atoms with Gasteiger partial charge in [0.05, 0.1) is 11.1 Å². The summed E-state index contributed by atoms with van der Waals surface area (Å²) < 4.78 is 0. The van der Waals surface area contributed by atoms with Gasteiger partial charge in [0.2, 0.25) is 0 Å². The van der Waals surface area contributed by atoms with Crippen LogP contribution in [-0.4, -0.2) is 38.8 Å². The Hall–Kier alpha value is -2.82. The Kier molecular flexibility index (Phi) is 3.92. The van der Waals surface area contributed by atoms with Gasteiger partial charge >= 0.3 is 0 Å². The average Bonchev–Trinajstić information content (AvgIpc) is 3.10. The number of amides is 1. The minimum absolute atomic E-state index is 0.0381. The number of para-hydroxylation sites is 1.